The normalized spacial score (nSPS) is 15.9. The molecular weight excluding hydrogens is 264 g/mol. The highest BCUT2D eigenvalue weighted by molar-refractivity contribution is 5.44. The molecule has 21 heavy (non-hydrogen) atoms. The van der Waals surface area contributed by atoms with Crippen LogP contribution in [0.1, 0.15) is 52.9 Å². The molecule has 0 aliphatic carbocycles. The van der Waals surface area contributed by atoms with Crippen molar-refractivity contribution in [2.24, 2.45) is 0 Å². The van der Waals surface area contributed by atoms with Gasteiger partial charge in [-0.3, -0.25) is 0 Å². The maximum atomic E-state index is 4.63. The molecule has 118 valence electrons. The van der Waals surface area contributed by atoms with Crippen molar-refractivity contribution in [1.82, 2.24) is 15.0 Å². The van der Waals surface area contributed by atoms with E-state index in [0.29, 0.717) is 11.9 Å². The Balaban J connectivity index is 2.20. The van der Waals surface area contributed by atoms with Crippen molar-refractivity contribution in [3.05, 3.63) is 0 Å². The van der Waals surface area contributed by atoms with Crippen LogP contribution < -0.4 is 15.5 Å². The van der Waals surface area contributed by atoms with Crippen LogP contribution in [-0.4, -0.2) is 40.6 Å². The summed E-state index contributed by atoms with van der Waals surface area (Å²) >= 11 is 0. The summed E-state index contributed by atoms with van der Waals surface area (Å²) in [7, 11) is 1.84. The molecule has 0 bridgehead atoms. The molecule has 2 heterocycles. The van der Waals surface area contributed by atoms with E-state index in [4.69, 9.17) is 0 Å². The van der Waals surface area contributed by atoms with Crippen LogP contribution >= 0.6 is 0 Å². The molecule has 0 atom stereocenters. The van der Waals surface area contributed by atoms with Crippen LogP contribution in [0.2, 0.25) is 0 Å². The van der Waals surface area contributed by atoms with Crippen LogP contribution in [0, 0.1) is 0 Å². The van der Waals surface area contributed by atoms with E-state index < -0.39 is 0 Å². The largest absolute Gasteiger partial charge is 0.357 e. The first-order valence-electron chi connectivity index (χ1n) is 8.01. The van der Waals surface area contributed by atoms with Gasteiger partial charge in [0.15, 0.2) is 0 Å². The van der Waals surface area contributed by atoms with Gasteiger partial charge in [0.2, 0.25) is 17.8 Å². The molecule has 2 N–H and O–H groups in total. The topological polar surface area (TPSA) is 66.0 Å². The summed E-state index contributed by atoms with van der Waals surface area (Å²) in [5.74, 6) is 2.07. The van der Waals surface area contributed by atoms with Crippen LogP contribution in [0.15, 0.2) is 0 Å². The molecule has 6 heteroatoms. The van der Waals surface area contributed by atoms with Crippen LogP contribution in [-0.2, 0) is 0 Å². The molecule has 2 rings (SSSR count). The van der Waals surface area contributed by atoms with Gasteiger partial charge in [0, 0.05) is 25.7 Å². The fraction of sp³-hybridized carbons (Fsp3) is 0.800. The van der Waals surface area contributed by atoms with E-state index in [1.165, 1.54) is 19.3 Å². The van der Waals surface area contributed by atoms with E-state index in [1.807, 2.05) is 7.05 Å². The number of rotatable bonds is 6. The summed E-state index contributed by atoms with van der Waals surface area (Å²) in [6.07, 6.45) is 5.93. The minimum atomic E-state index is -0.0136. The molecule has 1 saturated heterocycles. The van der Waals surface area contributed by atoms with Crippen LogP contribution in [0.5, 0.6) is 0 Å². The van der Waals surface area contributed by atoms with Crippen molar-refractivity contribution >= 4 is 17.8 Å². The molecular formula is C15H28N6. The standard InChI is InChI=1S/C15H28N6/c1-5-9-15(2,3)20-13-17-12(16-4)18-14(19-13)21-10-7-6-8-11-21/h5-11H2,1-4H3,(H2,16,17,18,19,20). The van der Waals surface area contributed by atoms with Gasteiger partial charge in [-0.25, -0.2) is 0 Å². The molecule has 0 aromatic carbocycles. The second-order valence-electron chi connectivity index (χ2n) is 6.34. The first-order valence-corrected chi connectivity index (χ1v) is 8.01. The summed E-state index contributed by atoms with van der Waals surface area (Å²) in [6.45, 7) is 8.62. The van der Waals surface area contributed by atoms with Gasteiger partial charge < -0.3 is 15.5 Å². The van der Waals surface area contributed by atoms with Gasteiger partial charge in [0.05, 0.1) is 0 Å². The summed E-state index contributed by atoms with van der Waals surface area (Å²) < 4.78 is 0. The molecule has 0 amide bonds. The fourth-order valence-corrected chi connectivity index (χ4v) is 2.76. The Bertz CT molecular complexity index is 453. The molecule has 6 nitrogen and oxygen atoms in total. The van der Waals surface area contributed by atoms with Crippen molar-refractivity contribution in [3.8, 4) is 0 Å². The van der Waals surface area contributed by atoms with E-state index in [0.717, 1.165) is 31.9 Å². The Hall–Kier alpha value is -1.59. The summed E-state index contributed by atoms with van der Waals surface area (Å²) in [6, 6.07) is 0. The monoisotopic (exact) mass is 292 g/mol. The lowest BCUT2D eigenvalue weighted by Gasteiger charge is -2.29. The first-order chi connectivity index (χ1) is 10.0. The zero-order valence-corrected chi connectivity index (χ0v) is 13.7. The second kappa shape index (κ2) is 6.91. The molecule has 0 unspecified atom stereocenters. The summed E-state index contributed by atoms with van der Waals surface area (Å²) in [4.78, 5) is 15.8. The lowest BCUT2D eigenvalue weighted by molar-refractivity contribution is 0.506. The molecule has 1 fully saturated rings. The lowest BCUT2D eigenvalue weighted by Crippen LogP contribution is -2.34. The average Bonchev–Trinajstić information content (AvgIpc) is 2.47. The Morgan fingerprint density at radius 1 is 1.05 bits per heavy atom. The Labute approximate surface area is 127 Å². The molecule has 1 aromatic rings. The van der Waals surface area contributed by atoms with Crippen LogP contribution in [0.25, 0.3) is 0 Å². The number of hydrogen-bond acceptors (Lipinski definition) is 6. The third kappa shape index (κ3) is 4.44. The number of aromatic nitrogens is 3. The third-order valence-corrected chi connectivity index (χ3v) is 3.81. The highest BCUT2D eigenvalue weighted by Gasteiger charge is 2.20. The van der Waals surface area contributed by atoms with E-state index in [9.17, 15) is 0 Å². The van der Waals surface area contributed by atoms with E-state index in [1.54, 1.807) is 0 Å². The average molecular weight is 292 g/mol. The van der Waals surface area contributed by atoms with Crippen molar-refractivity contribution in [2.45, 2.75) is 58.4 Å². The van der Waals surface area contributed by atoms with Crippen molar-refractivity contribution in [3.63, 3.8) is 0 Å². The van der Waals surface area contributed by atoms with E-state index in [2.05, 4.69) is 51.3 Å². The highest BCUT2D eigenvalue weighted by atomic mass is 15.3. The molecule has 1 aromatic heterocycles. The predicted molar refractivity (Wildman–Crippen MR) is 88.0 cm³/mol. The smallest absolute Gasteiger partial charge is 0.231 e. The fourth-order valence-electron chi connectivity index (χ4n) is 2.76. The number of anilines is 3. The molecule has 1 aliphatic heterocycles. The van der Waals surface area contributed by atoms with Gasteiger partial charge in [0.25, 0.3) is 0 Å². The van der Waals surface area contributed by atoms with Gasteiger partial charge >= 0.3 is 0 Å². The van der Waals surface area contributed by atoms with Crippen molar-refractivity contribution in [2.75, 3.05) is 35.7 Å². The second-order valence-corrected chi connectivity index (χ2v) is 6.34. The van der Waals surface area contributed by atoms with Gasteiger partial charge in [-0.15, -0.1) is 0 Å². The maximum absolute atomic E-state index is 4.63. The number of hydrogen-bond donors (Lipinski definition) is 2. The van der Waals surface area contributed by atoms with Gasteiger partial charge in [-0.1, -0.05) is 13.3 Å². The summed E-state index contributed by atoms with van der Waals surface area (Å²) in [5.41, 5.74) is -0.0136. The Morgan fingerprint density at radius 2 is 1.71 bits per heavy atom. The minimum absolute atomic E-state index is 0.0136. The van der Waals surface area contributed by atoms with Crippen molar-refractivity contribution < 1.29 is 0 Å². The van der Waals surface area contributed by atoms with E-state index >= 15 is 0 Å². The van der Waals surface area contributed by atoms with Crippen molar-refractivity contribution in [1.29, 1.82) is 0 Å². The summed E-state index contributed by atoms with van der Waals surface area (Å²) in [5, 5.41) is 6.48. The van der Waals surface area contributed by atoms with Gasteiger partial charge in [0.1, 0.15) is 0 Å². The van der Waals surface area contributed by atoms with E-state index in [-0.39, 0.29) is 5.54 Å². The maximum Gasteiger partial charge on any atom is 0.231 e. The Kier molecular flexibility index (Phi) is 5.20. The zero-order valence-electron chi connectivity index (χ0n) is 13.7. The number of nitrogens with one attached hydrogen (secondary N) is 2. The SMILES string of the molecule is CCCC(C)(C)Nc1nc(NC)nc(N2CCCCC2)n1. The molecule has 0 saturated carbocycles. The van der Waals surface area contributed by atoms with Crippen LogP contribution in [0.3, 0.4) is 0 Å². The Morgan fingerprint density at radius 3 is 2.33 bits per heavy atom. The lowest BCUT2D eigenvalue weighted by atomic mass is 9.99. The third-order valence-electron chi connectivity index (χ3n) is 3.81. The van der Waals surface area contributed by atoms with Gasteiger partial charge in [-0.05, 0) is 39.5 Å². The van der Waals surface area contributed by atoms with Gasteiger partial charge in [-0.2, -0.15) is 15.0 Å². The number of nitrogens with zero attached hydrogens (tertiary/aromatic N) is 4. The minimum Gasteiger partial charge on any atom is -0.357 e. The molecule has 1 aliphatic rings. The first kappa shape index (κ1) is 15.8. The quantitative estimate of drug-likeness (QED) is 0.840. The van der Waals surface area contributed by atoms with Crippen LogP contribution in [0.4, 0.5) is 17.8 Å². The zero-order chi connectivity index (χ0) is 15.3. The highest BCUT2D eigenvalue weighted by Crippen LogP contribution is 2.21. The molecule has 0 spiro atoms. The number of piperidine rings is 1. The predicted octanol–water partition coefficient (Wildman–Crippen LogP) is 2.89. The molecule has 0 radical (unpaired) electrons.